The van der Waals surface area contributed by atoms with E-state index in [9.17, 15) is 4.79 Å². The Morgan fingerprint density at radius 3 is 2.93 bits per heavy atom. The number of fused-ring (bicyclic) bond motifs is 1. The molecule has 2 aliphatic carbocycles. The number of ketones is 1. The Hall–Kier alpha value is -0.330. The van der Waals surface area contributed by atoms with E-state index in [1.165, 1.54) is 25.7 Å². The standard InChI is InChI=1S/C13H22O/c1-3-4-5-12(14)10-6-7-13(2)9-11(13)8-10/h10-11H,3-9H2,1-2H3. The molecule has 2 fully saturated rings. The normalized spacial score (nSPS) is 40.4. The van der Waals surface area contributed by atoms with Gasteiger partial charge in [0.2, 0.25) is 0 Å². The van der Waals surface area contributed by atoms with Crippen molar-refractivity contribution in [2.24, 2.45) is 17.3 Å². The second-order valence-corrected chi connectivity index (χ2v) is 5.60. The summed E-state index contributed by atoms with van der Waals surface area (Å²) in [6, 6.07) is 0. The van der Waals surface area contributed by atoms with Crippen LogP contribution in [0, 0.1) is 17.3 Å². The van der Waals surface area contributed by atoms with E-state index in [2.05, 4.69) is 13.8 Å². The molecule has 0 aliphatic heterocycles. The number of carbonyl (C=O) groups is 1. The van der Waals surface area contributed by atoms with Crippen LogP contribution in [0.1, 0.15) is 58.8 Å². The molecule has 0 aromatic carbocycles. The predicted molar refractivity (Wildman–Crippen MR) is 58.1 cm³/mol. The van der Waals surface area contributed by atoms with Gasteiger partial charge in [0.1, 0.15) is 5.78 Å². The molecule has 3 atom stereocenters. The zero-order chi connectivity index (χ0) is 10.2. The van der Waals surface area contributed by atoms with Gasteiger partial charge < -0.3 is 0 Å². The third-order valence-corrected chi connectivity index (χ3v) is 4.40. The van der Waals surface area contributed by atoms with Crippen LogP contribution in [0.4, 0.5) is 0 Å². The summed E-state index contributed by atoms with van der Waals surface area (Å²) in [4.78, 5) is 11.8. The average molecular weight is 194 g/mol. The second kappa shape index (κ2) is 3.67. The first-order chi connectivity index (χ1) is 6.65. The van der Waals surface area contributed by atoms with E-state index >= 15 is 0 Å². The van der Waals surface area contributed by atoms with E-state index in [1.54, 1.807) is 0 Å². The fourth-order valence-electron chi connectivity index (χ4n) is 2.99. The number of rotatable bonds is 4. The smallest absolute Gasteiger partial charge is 0.135 e. The maximum Gasteiger partial charge on any atom is 0.135 e. The summed E-state index contributed by atoms with van der Waals surface area (Å²) < 4.78 is 0. The van der Waals surface area contributed by atoms with Gasteiger partial charge in [-0.3, -0.25) is 4.79 Å². The van der Waals surface area contributed by atoms with Crippen LogP contribution >= 0.6 is 0 Å². The molecular weight excluding hydrogens is 172 g/mol. The van der Waals surface area contributed by atoms with Crippen molar-refractivity contribution in [1.29, 1.82) is 0 Å². The average Bonchev–Trinajstić information content (AvgIpc) is 2.84. The minimum absolute atomic E-state index is 0.433. The number of hydrogen-bond acceptors (Lipinski definition) is 1. The van der Waals surface area contributed by atoms with Crippen LogP contribution in [0.2, 0.25) is 0 Å². The van der Waals surface area contributed by atoms with Crippen molar-refractivity contribution in [3.8, 4) is 0 Å². The zero-order valence-electron chi connectivity index (χ0n) is 9.51. The Morgan fingerprint density at radius 1 is 1.50 bits per heavy atom. The van der Waals surface area contributed by atoms with Crippen molar-refractivity contribution >= 4 is 5.78 Å². The molecule has 0 aromatic rings. The lowest BCUT2D eigenvalue weighted by atomic mass is 9.80. The lowest BCUT2D eigenvalue weighted by molar-refractivity contribution is -0.124. The maximum absolute atomic E-state index is 11.8. The highest BCUT2D eigenvalue weighted by Gasteiger charge is 2.53. The highest BCUT2D eigenvalue weighted by molar-refractivity contribution is 5.81. The molecule has 0 amide bonds. The van der Waals surface area contributed by atoms with Gasteiger partial charge in [-0.2, -0.15) is 0 Å². The maximum atomic E-state index is 11.8. The zero-order valence-corrected chi connectivity index (χ0v) is 9.51. The molecule has 0 spiro atoms. The van der Waals surface area contributed by atoms with Crippen molar-refractivity contribution in [3.05, 3.63) is 0 Å². The minimum Gasteiger partial charge on any atom is -0.299 e. The summed E-state index contributed by atoms with van der Waals surface area (Å²) in [5.74, 6) is 1.88. The van der Waals surface area contributed by atoms with Gasteiger partial charge in [0.15, 0.2) is 0 Å². The Bertz CT molecular complexity index is 233. The van der Waals surface area contributed by atoms with E-state index in [-0.39, 0.29) is 0 Å². The van der Waals surface area contributed by atoms with Gasteiger partial charge in [0.05, 0.1) is 0 Å². The Kier molecular flexibility index (Phi) is 2.68. The lowest BCUT2D eigenvalue weighted by Crippen LogP contribution is -2.21. The van der Waals surface area contributed by atoms with E-state index in [1.807, 2.05) is 0 Å². The van der Waals surface area contributed by atoms with Crippen molar-refractivity contribution in [1.82, 2.24) is 0 Å². The van der Waals surface area contributed by atoms with Crippen molar-refractivity contribution < 1.29 is 4.79 Å². The number of Topliss-reactive ketones (excluding diaryl/α,β-unsaturated/α-hetero) is 1. The monoisotopic (exact) mass is 194 g/mol. The molecule has 0 radical (unpaired) electrons. The Morgan fingerprint density at radius 2 is 2.29 bits per heavy atom. The highest BCUT2D eigenvalue weighted by Crippen LogP contribution is 2.62. The van der Waals surface area contributed by atoms with Gasteiger partial charge >= 0.3 is 0 Å². The molecule has 0 bridgehead atoms. The summed E-state index contributed by atoms with van der Waals surface area (Å²) in [5.41, 5.74) is 0.654. The molecule has 1 nitrogen and oxygen atoms in total. The molecule has 0 N–H and O–H groups in total. The molecule has 80 valence electrons. The van der Waals surface area contributed by atoms with Crippen LogP contribution in [0.25, 0.3) is 0 Å². The molecule has 0 heterocycles. The second-order valence-electron chi connectivity index (χ2n) is 5.60. The van der Waals surface area contributed by atoms with Gasteiger partial charge in [-0.15, -0.1) is 0 Å². The Balaban J connectivity index is 1.80. The lowest BCUT2D eigenvalue weighted by Gasteiger charge is -2.24. The highest BCUT2D eigenvalue weighted by atomic mass is 16.1. The molecule has 3 unspecified atom stereocenters. The van der Waals surface area contributed by atoms with Crippen LogP contribution in [-0.4, -0.2) is 5.78 Å². The third kappa shape index (κ3) is 1.87. The van der Waals surface area contributed by atoms with Gasteiger partial charge in [-0.05, 0) is 43.4 Å². The van der Waals surface area contributed by atoms with E-state index < -0.39 is 0 Å². The fourth-order valence-corrected chi connectivity index (χ4v) is 2.99. The summed E-state index contributed by atoms with van der Waals surface area (Å²) in [5, 5.41) is 0. The first-order valence-electron chi connectivity index (χ1n) is 6.18. The van der Waals surface area contributed by atoms with Crippen molar-refractivity contribution in [3.63, 3.8) is 0 Å². The van der Waals surface area contributed by atoms with E-state index in [0.29, 0.717) is 17.1 Å². The first kappa shape index (κ1) is 10.2. The third-order valence-electron chi connectivity index (χ3n) is 4.40. The van der Waals surface area contributed by atoms with Gasteiger partial charge in [0, 0.05) is 12.3 Å². The minimum atomic E-state index is 0.433. The quantitative estimate of drug-likeness (QED) is 0.668. The first-order valence-corrected chi connectivity index (χ1v) is 6.18. The van der Waals surface area contributed by atoms with Crippen LogP contribution in [0.15, 0.2) is 0 Å². The van der Waals surface area contributed by atoms with Crippen LogP contribution in [-0.2, 0) is 4.79 Å². The molecule has 0 saturated heterocycles. The fraction of sp³-hybridized carbons (Fsp3) is 0.923. The molecule has 2 saturated carbocycles. The summed E-state index contributed by atoms with van der Waals surface area (Å²) in [6.07, 6.45) is 8.17. The van der Waals surface area contributed by atoms with Crippen molar-refractivity contribution in [2.75, 3.05) is 0 Å². The van der Waals surface area contributed by atoms with Gasteiger partial charge in [-0.25, -0.2) is 0 Å². The Labute approximate surface area is 87.3 Å². The summed E-state index contributed by atoms with van der Waals surface area (Å²) in [6.45, 7) is 4.55. The number of unbranched alkanes of at least 4 members (excludes halogenated alkanes) is 1. The molecule has 2 aliphatic rings. The van der Waals surface area contributed by atoms with Gasteiger partial charge in [-0.1, -0.05) is 20.3 Å². The van der Waals surface area contributed by atoms with Crippen LogP contribution < -0.4 is 0 Å². The molecule has 2 rings (SSSR count). The SMILES string of the molecule is CCCCC(=O)C1CCC2(C)CC2C1. The number of hydrogen-bond donors (Lipinski definition) is 0. The van der Waals surface area contributed by atoms with E-state index in [4.69, 9.17) is 0 Å². The summed E-state index contributed by atoms with van der Waals surface area (Å²) in [7, 11) is 0. The molecule has 1 heteroatoms. The largest absolute Gasteiger partial charge is 0.299 e. The molecule has 14 heavy (non-hydrogen) atoms. The molecular formula is C13H22O. The predicted octanol–water partition coefficient (Wildman–Crippen LogP) is 3.57. The summed E-state index contributed by atoms with van der Waals surface area (Å²) >= 11 is 0. The topological polar surface area (TPSA) is 17.1 Å². The van der Waals surface area contributed by atoms with Crippen LogP contribution in [0.5, 0.6) is 0 Å². The molecule has 0 aromatic heterocycles. The van der Waals surface area contributed by atoms with Crippen molar-refractivity contribution in [2.45, 2.75) is 58.8 Å². The van der Waals surface area contributed by atoms with E-state index in [0.717, 1.165) is 25.2 Å². The number of carbonyl (C=O) groups excluding carboxylic acids is 1. The van der Waals surface area contributed by atoms with Gasteiger partial charge in [0.25, 0.3) is 0 Å². The van der Waals surface area contributed by atoms with Crippen LogP contribution in [0.3, 0.4) is 0 Å².